The number of rotatable bonds is 2. The molecule has 2 heterocycles. The van der Waals surface area contributed by atoms with Crippen LogP contribution in [-0.2, 0) is 0 Å². The third-order valence-electron chi connectivity index (χ3n) is 2.20. The van der Waals surface area contributed by atoms with Crippen LogP contribution in [0.1, 0.15) is 19.3 Å². The molecule has 3 nitrogen and oxygen atoms in total. The topological polar surface area (TPSA) is 34.1 Å². The molecule has 0 amide bonds. The fraction of sp³-hybridized carbons (Fsp3) is 0.667. The Hall–Kier alpha value is -0.610. The van der Waals surface area contributed by atoms with E-state index in [4.69, 9.17) is 4.74 Å². The summed E-state index contributed by atoms with van der Waals surface area (Å²) in [4.78, 5) is 4.12. The summed E-state index contributed by atoms with van der Waals surface area (Å²) >= 11 is 1.57. The van der Waals surface area contributed by atoms with E-state index in [9.17, 15) is 0 Å². The van der Waals surface area contributed by atoms with E-state index in [1.165, 1.54) is 6.42 Å². The summed E-state index contributed by atoms with van der Waals surface area (Å²) in [5.41, 5.74) is 0. The lowest BCUT2D eigenvalue weighted by atomic mass is 10.2. The van der Waals surface area contributed by atoms with Crippen LogP contribution in [0.25, 0.3) is 0 Å². The molecule has 0 aromatic carbocycles. The van der Waals surface area contributed by atoms with Gasteiger partial charge in [-0.25, -0.2) is 4.98 Å². The summed E-state index contributed by atoms with van der Waals surface area (Å²) in [6.07, 6.45) is 5.60. The zero-order chi connectivity index (χ0) is 8.93. The standard InChI is InChI=1S/C9H14N2OS/c1-2-8(3-5-10-4-1)12-9-11-6-7-13-9/h6-8,10H,1-5H2. The van der Waals surface area contributed by atoms with E-state index in [-0.39, 0.29) is 0 Å². The van der Waals surface area contributed by atoms with Gasteiger partial charge in [-0.2, -0.15) is 0 Å². The molecule has 1 aliphatic heterocycles. The zero-order valence-electron chi connectivity index (χ0n) is 7.53. The lowest BCUT2D eigenvalue weighted by Crippen LogP contribution is -2.19. The van der Waals surface area contributed by atoms with Gasteiger partial charge in [-0.3, -0.25) is 0 Å². The summed E-state index contributed by atoms with van der Waals surface area (Å²) in [6.45, 7) is 2.19. The van der Waals surface area contributed by atoms with Crippen LogP contribution in [0.2, 0.25) is 0 Å². The highest BCUT2D eigenvalue weighted by atomic mass is 32.1. The van der Waals surface area contributed by atoms with E-state index in [1.54, 1.807) is 17.5 Å². The first kappa shape index (κ1) is 8.97. The normalized spacial score (nSPS) is 23.8. The third kappa shape index (κ3) is 2.67. The molecule has 72 valence electrons. The number of ether oxygens (including phenoxy) is 1. The highest BCUT2D eigenvalue weighted by molar-refractivity contribution is 7.11. The van der Waals surface area contributed by atoms with Crippen LogP contribution in [0.4, 0.5) is 0 Å². The lowest BCUT2D eigenvalue weighted by Gasteiger charge is -2.13. The van der Waals surface area contributed by atoms with Crippen LogP contribution >= 0.6 is 11.3 Å². The summed E-state index contributed by atoms with van der Waals surface area (Å²) in [7, 11) is 0. The van der Waals surface area contributed by atoms with E-state index in [1.807, 2.05) is 5.38 Å². The van der Waals surface area contributed by atoms with Gasteiger partial charge in [0.25, 0.3) is 5.19 Å². The van der Waals surface area contributed by atoms with Gasteiger partial charge in [0.1, 0.15) is 6.10 Å². The fourth-order valence-corrected chi connectivity index (χ4v) is 2.07. The van der Waals surface area contributed by atoms with Crippen molar-refractivity contribution in [2.45, 2.75) is 25.4 Å². The Morgan fingerprint density at radius 3 is 3.31 bits per heavy atom. The third-order valence-corrected chi connectivity index (χ3v) is 2.86. The molecule has 1 aromatic heterocycles. The van der Waals surface area contributed by atoms with Gasteiger partial charge in [-0.05, 0) is 32.4 Å². The molecule has 0 radical (unpaired) electrons. The van der Waals surface area contributed by atoms with Crippen molar-refractivity contribution in [2.24, 2.45) is 0 Å². The van der Waals surface area contributed by atoms with Crippen molar-refractivity contribution in [2.75, 3.05) is 13.1 Å². The minimum Gasteiger partial charge on any atom is -0.467 e. The van der Waals surface area contributed by atoms with Crippen LogP contribution in [0.5, 0.6) is 5.19 Å². The van der Waals surface area contributed by atoms with Crippen molar-refractivity contribution in [1.82, 2.24) is 10.3 Å². The molecule has 4 heteroatoms. The smallest absolute Gasteiger partial charge is 0.273 e. The lowest BCUT2D eigenvalue weighted by molar-refractivity contribution is 0.187. The van der Waals surface area contributed by atoms with Crippen molar-refractivity contribution in [1.29, 1.82) is 0 Å². The van der Waals surface area contributed by atoms with Crippen LogP contribution in [0, 0.1) is 0 Å². The predicted molar refractivity (Wildman–Crippen MR) is 53.3 cm³/mol. The van der Waals surface area contributed by atoms with Gasteiger partial charge in [0.2, 0.25) is 0 Å². The van der Waals surface area contributed by atoms with Gasteiger partial charge in [0.05, 0.1) is 0 Å². The Morgan fingerprint density at radius 2 is 2.46 bits per heavy atom. The average molecular weight is 198 g/mol. The van der Waals surface area contributed by atoms with Crippen LogP contribution < -0.4 is 10.1 Å². The van der Waals surface area contributed by atoms with Gasteiger partial charge >= 0.3 is 0 Å². The quantitative estimate of drug-likeness (QED) is 0.785. The Labute approximate surface area is 82.1 Å². The molecule has 1 saturated heterocycles. The first-order valence-corrected chi connectivity index (χ1v) is 5.60. The minimum absolute atomic E-state index is 0.362. The van der Waals surface area contributed by atoms with Gasteiger partial charge in [-0.15, -0.1) is 0 Å². The highest BCUT2D eigenvalue weighted by Crippen LogP contribution is 2.19. The number of nitrogens with zero attached hydrogens (tertiary/aromatic N) is 1. The van der Waals surface area contributed by atoms with Gasteiger partial charge in [0.15, 0.2) is 0 Å². The summed E-state index contributed by atoms with van der Waals surface area (Å²) < 4.78 is 5.74. The largest absolute Gasteiger partial charge is 0.467 e. The van der Waals surface area contributed by atoms with Crippen LogP contribution in [0.3, 0.4) is 0 Å². The number of hydrogen-bond donors (Lipinski definition) is 1. The fourth-order valence-electron chi connectivity index (χ4n) is 1.52. The molecule has 1 unspecified atom stereocenters. The second kappa shape index (κ2) is 4.58. The monoisotopic (exact) mass is 198 g/mol. The maximum atomic E-state index is 5.74. The van der Waals surface area contributed by atoms with Gasteiger partial charge < -0.3 is 10.1 Å². The molecule has 13 heavy (non-hydrogen) atoms. The highest BCUT2D eigenvalue weighted by Gasteiger charge is 2.13. The first-order chi connectivity index (χ1) is 6.45. The zero-order valence-corrected chi connectivity index (χ0v) is 8.35. The maximum Gasteiger partial charge on any atom is 0.273 e. The Balaban J connectivity index is 1.86. The minimum atomic E-state index is 0.362. The van der Waals surface area contributed by atoms with Crippen molar-refractivity contribution in [3.8, 4) is 5.19 Å². The molecule has 0 bridgehead atoms. The molecule has 1 aromatic rings. The van der Waals surface area contributed by atoms with Crippen molar-refractivity contribution >= 4 is 11.3 Å². The summed E-state index contributed by atoms with van der Waals surface area (Å²) in [6, 6.07) is 0. The molecule has 1 N–H and O–H groups in total. The average Bonchev–Trinajstić information content (AvgIpc) is 2.49. The summed E-state index contributed by atoms with van der Waals surface area (Å²) in [5.74, 6) is 0. The van der Waals surface area contributed by atoms with E-state index in [2.05, 4.69) is 10.3 Å². The molecular weight excluding hydrogens is 184 g/mol. The molecule has 1 atom stereocenters. The molecule has 1 aliphatic rings. The van der Waals surface area contributed by atoms with E-state index in [0.717, 1.165) is 31.1 Å². The van der Waals surface area contributed by atoms with Crippen molar-refractivity contribution in [3.05, 3.63) is 11.6 Å². The number of hydrogen-bond acceptors (Lipinski definition) is 4. The Morgan fingerprint density at radius 1 is 1.46 bits per heavy atom. The van der Waals surface area contributed by atoms with Crippen LogP contribution in [-0.4, -0.2) is 24.2 Å². The number of thiazole rings is 1. The molecule has 0 saturated carbocycles. The molecular formula is C9H14N2OS. The number of aromatic nitrogens is 1. The van der Waals surface area contributed by atoms with Gasteiger partial charge in [0, 0.05) is 11.6 Å². The van der Waals surface area contributed by atoms with E-state index >= 15 is 0 Å². The maximum absolute atomic E-state index is 5.74. The Kier molecular flexibility index (Phi) is 3.16. The molecule has 0 aliphatic carbocycles. The molecule has 2 rings (SSSR count). The SMILES string of the molecule is c1csc(OC2CCCNCC2)n1. The van der Waals surface area contributed by atoms with Gasteiger partial charge in [-0.1, -0.05) is 11.3 Å². The second-order valence-electron chi connectivity index (χ2n) is 3.22. The van der Waals surface area contributed by atoms with Crippen LogP contribution in [0.15, 0.2) is 11.6 Å². The van der Waals surface area contributed by atoms with E-state index in [0.29, 0.717) is 6.10 Å². The van der Waals surface area contributed by atoms with Crippen molar-refractivity contribution in [3.63, 3.8) is 0 Å². The summed E-state index contributed by atoms with van der Waals surface area (Å²) in [5, 5.41) is 6.12. The Bertz CT molecular complexity index is 230. The number of nitrogens with one attached hydrogen (secondary N) is 1. The first-order valence-electron chi connectivity index (χ1n) is 4.72. The second-order valence-corrected chi connectivity index (χ2v) is 4.08. The molecule has 1 fully saturated rings. The predicted octanol–water partition coefficient (Wildman–Crippen LogP) is 1.66. The molecule has 0 spiro atoms. The van der Waals surface area contributed by atoms with Crippen molar-refractivity contribution < 1.29 is 4.74 Å². The van der Waals surface area contributed by atoms with E-state index < -0.39 is 0 Å².